The molecule has 0 aliphatic carbocycles. The third kappa shape index (κ3) is 3.55. The summed E-state index contributed by atoms with van der Waals surface area (Å²) in [6, 6.07) is 0. The lowest BCUT2D eigenvalue weighted by atomic mass is 10.1. The van der Waals surface area contributed by atoms with E-state index in [9.17, 15) is 0 Å². The topological polar surface area (TPSA) is 41.1 Å². The van der Waals surface area contributed by atoms with Gasteiger partial charge in [-0.3, -0.25) is 0 Å². The van der Waals surface area contributed by atoms with Crippen molar-refractivity contribution in [2.75, 3.05) is 31.5 Å². The number of piperidine rings is 1. The van der Waals surface area contributed by atoms with Crippen LogP contribution in [0.5, 0.6) is 0 Å². The third-order valence-electron chi connectivity index (χ3n) is 2.84. The zero-order valence-corrected chi connectivity index (χ0v) is 11.5. The van der Waals surface area contributed by atoms with E-state index in [-0.39, 0.29) is 0 Å². The Labute approximate surface area is 110 Å². The zero-order valence-electron chi connectivity index (χ0n) is 9.32. The normalized spacial score (nSPS) is 17.3. The van der Waals surface area contributed by atoms with Crippen LogP contribution in [0.1, 0.15) is 19.3 Å². The minimum absolute atomic E-state index is 0.951. The third-order valence-corrected chi connectivity index (χ3v) is 3.63. The Kier molecular flexibility index (Phi) is 4.77. The van der Waals surface area contributed by atoms with E-state index in [1.165, 1.54) is 32.4 Å². The summed E-state index contributed by atoms with van der Waals surface area (Å²) in [7, 11) is 0. The van der Waals surface area contributed by atoms with E-state index in [2.05, 4.69) is 42.8 Å². The van der Waals surface area contributed by atoms with Gasteiger partial charge in [-0.1, -0.05) is 6.42 Å². The van der Waals surface area contributed by atoms with Gasteiger partial charge in [-0.15, -0.1) is 0 Å². The average Bonchev–Trinajstić information content (AvgIpc) is 2.33. The smallest absolute Gasteiger partial charge is 0.142 e. The van der Waals surface area contributed by atoms with Gasteiger partial charge in [-0.05, 0) is 48.5 Å². The van der Waals surface area contributed by atoms with Gasteiger partial charge in [0.05, 0.1) is 3.57 Å². The van der Waals surface area contributed by atoms with Gasteiger partial charge in [-0.25, -0.2) is 9.97 Å². The number of anilines is 1. The Hall–Kier alpha value is -0.430. The van der Waals surface area contributed by atoms with E-state index in [0.717, 1.165) is 22.5 Å². The van der Waals surface area contributed by atoms with Crippen molar-refractivity contribution in [3.05, 3.63) is 16.1 Å². The predicted molar refractivity (Wildman–Crippen MR) is 73.5 cm³/mol. The highest BCUT2D eigenvalue weighted by Crippen LogP contribution is 2.12. The minimum atomic E-state index is 0.951. The van der Waals surface area contributed by atoms with E-state index < -0.39 is 0 Å². The lowest BCUT2D eigenvalue weighted by molar-refractivity contribution is 0.237. The van der Waals surface area contributed by atoms with Gasteiger partial charge in [0.15, 0.2) is 0 Å². The summed E-state index contributed by atoms with van der Waals surface area (Å²) in [5.41, 5.74) is 0. The summed E-state index contributed by atoms with van der Waals surface area (Å²) in [4.78, 5) is 10.7. The highest BCUT2D eigenvalue weighted by molar-refractivity contribution is 14.1. The standard InChI is InChI=1S/C11H17IN4/c12-10-8-13-9-15-11(10)14-4-7-16-5-2-1-3-6-16/h8-9H,1-7H2,(H,13,14,15). The molecular weight excluding hydrogens is 315 g/mol. The molecule has 1 aromatic heterocycles. The molecule has 0 unspecified atom stereocenters. The van der Waals surface area contributed by atoms with Crippen LogP contribution in [0, 0.1) is 3.57 Å². The molecule has 2 heterocycles. The molecular formula is C11H17IN4. The molecule has 1 fully saturated rings. The molecule has 0 saturated carbocycles. The van der Waals surface area contributed by atoms with E-state index in [4.69, 9.17) is 0 Å². The second-order valence-corrected chi connectivity index (χ2v) is 5.21. The number of likely N-dealkylation sites (tertiary alicyclic amines) is 1. The fraction of sp³-hybridized carbons (Fsp3) is 0.636. The van der Waals surface area contributed by atoms with Crippen LogP contribution in [0.2, 0.25) is 0 Å². The lowest BCUT2D eigenvalue weighted by Crippen LogP contribution is -2.33. The van der Waals surface area contributed by atoms with Crippen molar-refractivity contribution in [3.8, 4) is 0 Å². The lowest BCUT2D eigenvalue weighted by Gasteiger charge is -2.26. The van der Waals surface area contributed by atoms with E-state index in [1.54, 1.807) is 6.33 Å². The second kappa shape index (κ2) is 6.34. The molecule has 1 N–H and O–H groups in total. The molecule has 1 aliphatic heterocycles. The van der Waals surface area contributed by atoms with Crippen molar-refractivity contribution in [2.45, 2.75) is 19.3 Å². The summed E-state index contributed by atoms with van der Waals surface area (Å²) >= 11 is 2.25. The van der Waals surface area contributed by atoms with Gasteiger partial charge in [0.2, 0.25) is 0 Å². The monoisotopic (exact) mass is 332 g/mol. The summed E-state index contributed by atoms with van der Waals surface area (Å²) in [6.07, 6.45) is 7.52. The molecule has 16 heavy (non-hydrogen) atoms. The molecule has 1 aliphatic rings. The van der Waals surface area contributed by atoms with Crippen molar-refractivity contribution in [1.82, 2.24) is 14.9 Å². The first-order valence-corrected chi connectivity index (χ1v) is 6.86. The number of hydrogen-bond donors (Lipinski definition) is 1. The largest absolute Gasteiger partial charge is 0.368 e. The van der Waals surface area contributed by atoms with Crippen molar-refractivity contribution in [2.24, 2.45) is 0 Å². The summed E-state index contributed by atoms with van der Waals surface area (Å²) in [5, 5.41) is 3.36. The van der Waals surface area contributed by atoms with Crippen LogP contribution >= 0.6 is 22.6 Å². The molecule has 5 heteroatoms. The first kappa shape index (κ1) is 12.0. The van der Waals surface area contributed by atoms with Crippen molar-refractivity contribution in [3.63, 3.8) is 0 Å². The van der Waals surface area contributed by atoms with Gasteiger partial charge in [-0.2, -0.15) is 0 Å². The van der Waals surface area contributed by atoms with Crippen molar-refractivity contribution >= 4 is 28.4 Å². The van der Waals surface area contributed by atoms with Crippen LogP contribution in [0.25, 0.3) is 0 Å². The molecule has 4 nitrogen and oxygen atoms in total. The second-order valence-electron chi connectivity index (χ2n) is 4.05. The maximum atomic E-state index is 4.21. The Bertz CT molecular complexity index is 326. The summed E-state index contributed by atoms with van der Waals surface area (Å²) < 4.78 is 1.08. The van der Waals surface area contributed by atoms with Gasteiger partial charge in [0.25, 0.3) is 0 Å². The number of halogens is 1. The number of hydrogen-bond acceptors (Lipinski definition) is 4. The quantitative estimate of drug-likeness (QED) is 0.856. The maximum absolute atomic E-state index is 4.21. The molecule has 0 bridgehead atoms. The van der Waals surface area contributed by atoms with E-state index >= 15 is 0 Å². The molecule has 0 spiro atoms. The molecule has 0 aromatic carbocycles. The number of nitrogens with zero attached hydrogens (tertiary/aromatic N) is 3. The zero-order chi connectivity index (χ0) is 11.2. The molecule has 0 radical (unpaired) electrons. The Morgan fingerprint density at radius 1 is 1.31 bits per heavy atom. The fourth-order valence-electron chi connectivity index (χ4n) is 1.96. The maximum Gasteiger partial charge on any atom is 0.142 e. The first-order chi connectivity index (χ1) is 7.86. The van der Waals surface area contributed by atoms with Gasteiger partial charge in [0, 0.05) is 19.3 Å². The van der Waals surface area contributed by atoms with Crippen LogP contribution < -0.4 is 5.32 Å². The molecule has 88 valence electrons. The van der Waals surface area contributed by atoms with Crippen molar-refractivity contribution in [1.29, 1.82) is 0 Å². The van der Waals surface area contributed by atoms with Crippen molar-refractivity contribution < 1.29 is 0 Å². The van der Waals surface area contributed by atoms with Crippen LogP contribution in [-0.4, -0.2) is 41.0 Å². The van der Waals surface area contributed by atoms with Crippen LogP contribution in [0.3, 0.4) is 0 Å². The van der Waals surface area contributed by atoms with E-state index in [0.29, 0.717) is 0 Å². The van der Waals surface area contributed by atoms with Crippen LogP contribution in [0.15, 0.2) is 12.5 Å². The average molecular weight is 332 g/mol. The highest BCUT2D eigenvalue weighted by atomic mass is 127. The first-order valence-electron chi connectivity index (χ1n) is 5.78. The van der Waals surface area contributed by atoms with Crippen LogP contribution in [-0.2, 0) is 0 Å². The van der Waals surface area contributed by atoms with Gasteiger partial charge < -0.3 is 10.2 Å². The van der Waals surface area contributed by atoms with Crippen LogP contribution in [0.4, 0.5) is 5.82 Å². The number of nitrogens with one attached hydrogen (secondary N) is 1. The van der Waals surface area contributed by atoms with Gasteiger partial charge in [0.1, 0.15) is 12.1 Å². The molecule has 0 atom stereocenters. The minimum Gasteiger partial charge on any atom is -0.368 e. The SMILES string of the molecule is Ic1cncnc1NCCN1CCCCC1. The Morgan fingerprint density at radius 3 is 2.88 bits per heavy atom. The molecule has 0 amide bonds. The highest BCUT2D eigenvalue weighted by Gasteiger charge is 2.09. The fourth-order valence-corrected chi connectivity index (χ4v) is 2.45. The Balaban J connectivity index is 1.73. The number of rotatable bonds is 4. The molecule has 1 saturated heterocycles. The summed E-state index contributed by atoms with van der Waals surface area (Å²) in [6.45, 7) is 4.58. The molecule has 1 aromatic rings. The van der Waals surface area contributed by atoms with Gasteiger partial charge >= 0.3 is 0 Å². The molecule has 2 rings (SSSR count). The Morgan fingerprint density at radius 2 is 2.12 bits per heavy atom. The predicted octanol–water partition coefficient (Wildman–Crippen LogP) is 1.98. The number of aromatic nitrogens is 2. The van der Waals surface area contributed by atoms with E-state index in [1.807, 2.05) is 6.20 Å². The summed E-state index contributed by atoms with van der Waals surface area (Å²) in [5.74, 6) is 0.951.